The van der Waals surface area contributed by atoms with Crippen molar-refractivity contribution < 1.29 is 0 Å². The fraction of sp³-hybridized carbons (Fsp3) is 1.00. The zero-order chi connectivity index (χ0) is 4.41. The zero-order valence-electron chi connectivity index (χ0n) is 3.44. The molecular formula is C3H7NSSe. The molecule has 1 unspecified atom stereocenters. The summed E-state index contributed by atoms with van der Waals surface area (Å²) in [5.74, 6) is 0. The quantitative estimate of drug-likeness (QED) is 0.523. The van der Waals surface area contributed by atoms with Crippen molar-refractivity contribution in [2.75, 3.05) is 12.0 Å². The summed E-state index contributed by atoms with van der Waals surface area (Å²) in [6.07, 6.45) is 0. The molecule has 0 radical (unpaired) electrons. The third-order valence-electron chi connectivity index (χ3n) is 0.770. The summed E-state index contributed by atoms with van der Waals surface area (Å²) in [4.78, 5) is 0. The van der Waals surface area contributed by atoms with Gasteiger partial charge in [-0.3, -0.25) is 0 Å². The van der Waals surface area contributed by atoms with Crippen molar-refractivity contribution in [1.82, 2.24) is 5.32 Å². The van der Waals surface area contributed by atoms with E-state index in [1.807, 2.05) is 0 Å². The molecule has 0 aromatic carbocycles. The summed E-state index contributed by atoms with van der Waals surface area (Å²) < 4.78 is 0. The van der Waals surface area contributed by atoms with Gasteiger partial charge in [0, 0.05) is 0 Å². The van der Waals surface area contributed by atoms with Gasteiger partial charge in [-0.1, -0.05) is 0 Å². The van der Waals surface area contributed by atoms with Crippen molar-refractivity contribution in [3.8, 4) is 0 Å². The van der Waals surface area contributed by atoms with Crippen LogP contribution >= 0.6 is 10.6 Å². The number of hydrogen-bond acceptors (Lipinski definition) is 2. The molecular weight excluding hydrogens is 161 g/mol. The molecule has 0 bridgehead atoms. The van der Waals surface area contributed by atoms with Gasteiger partial charge >= 0.3 is 45.4 Å². The van der Waals surface area contributed by atoms with E-state index >= 15 is 0 Å². The summed E-state index contributed by atoms with van der Waals surface area (Å²) >= 11 is -0.468. The minimum absolute atomic E-state index is 0.468. The third-order valence-corrected chi connectivity index (χ3v) is 4.74. The van der Waals surface area contributed by atoms with Gasteiger partial charge in [0.2, 0.25) is 0 Å². The number of rotatable bonds is 0. The van der Waals surface area contributed by atoms with Crippen LogP contribution in [0.25, 0.3) is 0 Å². The number of hydrogen-bond donors (Lipinski definition) is 1. The van der Waals surface area contributed by atoms with E-state index in [1.54, 1.807) is 0 Å². The van der Waals surface area contributed by atoms with Crippen molar-refractivity contribution in [2.45, 2.75) is 5.32 Å². The average molecular weight is 168 g/mol. The Bertz CT molecular complexity index is 65.2. The molecule has 1 rings (SSSR count). The summed E-state index contributed by atoms with van der Waals surface area (Å²) in [6, 6.07) is 0. The average Bonchev–Trinajstić information content (AvgIpc) is 1.86. The second-order valence-corrected chi connectivity index (χ2v) is 7.05. The zero-order valence-corrected chi connectivity index (χ0v) is 5.97. The van der Waals surface area contributed by atoms with Gasteiger partial charge in [-0.15, -0.1) is 0 Å². The molecule has 1 heterocycles. The van der Waals surface area contributed by atoms with Gasteiger partial charge in [0.05, 0.1) is 0 Å². The van der Waals surface area contributed by atoms with Gasteiger partial charge in [-0.05, 0) is 0 Å². The van der Waals surface area contributed by atoms with E-state index in [1.165, 1.54) is 17.3 Å². The Morgan fingerprint density at radius 1 is 1.67 bits per heavy atom. The summed E-state index contributed by atoms with van der Waals surface area (Å²) in [6.45, 7) is 1.19. The van der Waals surface area contributed by atoms with E-state index in [2.05, 4.69) is 5.32 Å². The summed E-state index contributed by atoms with van der Waals surface area (Å²) in [5, 5.41) is 4.54. The predicted octanol–water partition coefficient (Wildman–Crippen LogP) is 0.318. The molecule has 3 heteroatoms. The molecule has 0 aliphatic carbocycles. The van der Waals surface area contributed by atoms with Crippen LogP contribution in [0.4, 0.5) is 0 Å². The maximum absolute atomic E-state index is 5.06. The van der Waals surface area contributed by atoms with Crippen molar-refractivity contribution in [2.24, 2.45) is 0 Å². The van der Waals surface area contributed by atoms with Crippen LogP contribution in [0.5, 0.6) is 0 Å². The van der Waals surface area contributed by atoms with Gasteiger partial charge in [-0.25, -0.2) is 0 Å². The fourth-order valence-electron chi connectivity index (χ4n) is 0.444. The molecule has 6 heavy (non-hydrogen) atoms. The van der Waals surface area contributed by atoms with E-state index in [0.29, 0.717) is 0 Å². The van der Waals surface area contributed by atoms with Crippen LogP contribution in [0.2, 0.25) is 5.32 Å². The Labute approximate surface area is 45.9 Å². The first-order chi connectivity index (χ1) is 2.89. The monoisotopic (exact) mass is 169 g/mol. The van der Waals surface area contributed by atoms with Crippen molar-refractivity contribution >= 4 is 22.8 Å². The molecule has 1 nitrogen and oxygen atoms in total. The first-order valence-corrected chi connectivity index (χ1v) is 6.81. The molecule has 36 valence electrons. The van der Waals surface area contributed by atoms with Crippen LogP contribution in [0.15, 0.2) is 0 Å². The van der Waals surface area contributed by atoms with Gasteiger partial charge in [0.1, 0.15) is 0 Å². The second kappa shape index (κ2) is 2.12. The van der Waals surface area contributed by atoms with E-state index in [-0.39, 0.29) is 0 Å². The first-order valence-electron chi connectivity index (χ1n) is 1.95. The van der Waals surface area contributed by atoms with Gasteiger partial charge in [0.25, 0.3) is 0 Å². The molecule has 1 aliphatic rings. The summed E-state index contributed by atoms with van der Waals surface area (Å²) in [5.41, 5.74) is 1.18. The Kier molecular flexibility index (Phi) is 1.72. The molecule has 1 saturated heterocycles. The van der Waals surface area contributed by atoms with Crippen LogP contribution in [-0.4, -0.2) is 24.3 Å². The Morgan fingerprint density at radius 3 is 2.67 bits per heavy atom. The molecule has 0 aromatic heterocycles. The van der Waals surface area contributed by atoms with Crippen LogP contribution in [-0.2, 0) is 0 Å². The van der Waals surface area contributed by atoms with E-state index < -0.39 is 12.3 Å². The fourth-order valence-corrected chi connectivity index (χ4v) is 3.17. The molecule has 1 fully saturated rings. The van der Waals surface area contributed by atoms with E-state index in [4.69, 9.17) is 10.6 Å². The van der Waals surface area contributed by atoms with E-state index in [9.17, 15) is 0 Å². The SMILES string of the molecule is S=[Se]1CCNC1. The molecule has 1 aliphatic heterocycles. The minimum atomic E-state index is -0.468. The van der Waals surface area contributed by atoms with Gasteiger partial charge < -0.3 is 0 Å². The number of nitrogens with one attached hydrogen (secondary N) is 1. The van der Waals surface area contributed by atoms with Crippen molar-refractivity contribution in [1.29, 1.82) is 0 Å². The Balaban J connectivity index is 2.37. The first kappa shape index (κ1) is 4.85. The molecule has 0 spiro atoms. The van der Waals surface area contributed by atoms with Crippen LogP contribution in [0.1, 0.15) is 0 Å². The molecule has 1 N–H and O–H groups in total. The van der Waals surface area contributed by atoms with Gasteiger partial charge in [0.15, 0.2) is 0 Å². The standard InChI is InChI=1S/C3H7NSSe/c5-6-2-1-4-3-6/h4H,1-3H2. The molecule has 1 atom stereocenters. The normalized spacial score (nSPS) is 34.3. The predicted molar refractivity (Wildman–Crippen MR) is 31.0 cm³/mol. The van der Waals surface area contributed by atoms with Crippen LogP contribution in [0.3, 0.4) is 0 Å². The Hall–Kier alpha value is 0.699. The van der Waals surface area contributed by atoms with Crippen molar-refractivity contribution in [3.05, 3.63) is 0 Å². The maximum atomic E-state index is 5.06. The second-order valence-electron chi connectivity index (χ2n) is 1.29. The topological polar surface area (TPSA) is 12.0 Å². The van der Waals surface area contributed by atoms with Gasteiger partial charge in [-0.2, -0.15) is 0 Å². The van der Waals surface area contributed by atoms with Crippen molar-refractivity contribution in [3.63, 3.8) is 0 Å². The summed E-state index contributed by atoms with van der Waals surface area (Å²) in [7, 11) is 5.06. The molecule has 0 saturated carbocycles. The molecule has 0 amide bonds. The van der Waals surface area contributed by atoms with E-state index in [0.717, 1.165) is 0 Å². The Morgan fingerprint density at radius 2 is 2.50 bits per heavy atom. The third kappa shape index (κ3) is 1.08. The van der Waals surface area contributed by atoms with Crippen LogP contribution in [0, 0.1) is 0 Å². The van der Waals surface area contributed by atoms with Crippen LogP contribution < -0.4 is 5.32 Å². The molecule has 0 aromatic rings.